The monoisotopic (exact) mass is 386 g/mol. The predicted octanol–water partition coefficient (Wildman–Crippen LogP) is 6.38. The number of rotatable bonds is 10. The highest BCUT2D eigenvalue weighted by Crippen LogP contribution is 2.21. The van der Waals surface area contributed by atoms with E-state index in [1.807, 2.05) is 6.07 Å². The van der Waals surface area contributed by atoms with Gasteiger partial charge >= 0.3 is 0 Å². The fraction of sp³-hybridized carbons (Fsp3) is 0.700. The second-order valence-electron chi connectivity index (χ2n) is 6.34. The van der Waals surface area contributed by atoms with Crippen molar-refractivity contribution in [2.45, 2.75) is 66.2 Å². The molecular formula is C20H37BrNO+. The first-order valence-electron chi connectivity index (χ1n) is 9.33. The van der Waals surface area contributed by atoms with Crippen LogP contribution < -0.4 is 0 Å². The van der Waals surface area contributed by atoms with Gasteiger partial charge in [0.25, 0.3) is 0 Å². The number of hydrogen-bond acceptors (Lipinski definition) is 1. The summed E-state index contributed by atoms with van der Waals surface area (Å²) >= 11 is 3.15. The summed E-state index contributed by atoms with van der Waals surface area (Å²) in [6.07, 6.45) is 8.25. The van der Waals surface area contributed by atoms with Crippen LogP contribution in [-0.4, -0.2) is 35.8 Å². The quantitative estimate of drug-likeness (QED) is 0.462. The maximum Gasteiger partial charge on any atom is 0.129 e. The third-order valence-electron chi connectivity index (χ3n) is 4.48. The molecule has 23 heavy (non-hydrogen) atoms. The van der Waals surface area contributed by atoms with Gasteiger partial charge in [0.05, 0.1) is 30.7 Å². The molecule has 0 heterocycles. The molecule has 0 saturated carbocycles. The van der Waals surface area contributed by atoms with Crippen molar-refractivity contribution in [1.82, 2.24) is 0 Å². The van der Waals surface area contributed by atoms with E-state index in [2.05, 4.69) is 43.6 Å². The van der Waals surface area contributed by atoms with Crippen LogP contribution in [-0.2, 0) is 0 Å². The molecule has 1 aromatic carbocycles. The zero-order valence-corrected chi connectivity index (χ0v) is 17.2. The summed E-state index contributed by atoms with van der Waals surface area (Å²) in [5.74, 6) is 0.285. The Kier molecular flexibility index (Phi) is 13.5. The van der Waals surface area contributed by atoms with E-state index in [-0.39, 0.29) is 5.75 Å². The lowest BCUT2D eigenvalue weighted by Gasteiger charge is -2.38. The van der Waals surface area contributed by atoms with Crippen LogP contribution in [0.1, 0.15) is 66.2 Å². The summed E-state index contributed by atoms with van der Waals surface area (Å²) in [5, 5.41) is 8.87. The van der Waals surface area contributed by atoms with Crippen molar-refractivity contribution in [3.8, 4) is 5.75 Å². The Hall–Kier alpha value is -0.540. The molecule has 0 bridgehead atoms. The van der Waals surface area contributed by atoms with Gasteiger partial charge in [0.1, 0.15) is 5.75 Å². The second-order valence-corrected chi connectivity index (χ2v) is 7.20. The highest BCUT2D eigenvalue weighted by Gasteiger charge is 2.22. The third-order valence-corrected chi connectivity index (χ3v) is 5.15. The van der Waals surface area contributed by atoms with Crippen LogP contribution in [0.3, 0.4) is 0 Å². The van der Waals surface area contributed by atoms with Crippen molar-refractivity contribution >= 4 is 15.9 Å². The van der Waals surface area contributed by atoms with E-state index >= 15 is 0 Å². The van der Waals surface area contributed by atoms with E-state index in [4.69, 9.17) is 5.11 Å². The van der Waals surface area contributed by atoms with Crippen LogP contribution in [0.5, 0.6) is 5.75 Å². The molecule has 0 radical (unpaired) electrons. The molecule has 0 unspecified atom stereocenters. The Morgan fingerprint density at radius 1 is 0.826 bits per heavy atom. The van der Waals surface area contributed by atoms with Crippen LogP contribution in [0.15, 0.2) is 28.7 Å². The summed E-state index contributed by atoms with van der Waals surface area (Å²) in [6, 6.07) is 7.04. The molecule has 0 spiro atoms. The van der Waals surface area contributed by atoms with Gasteiger partial charge in [-0.25, -0.2) is 0 Å². The number of halogens is 1. The number of nitrogens with zero attached hydrogens (tertiary/aromatic N) is 1. The molecule has 0 aliphatic carbocycles. The van der Waals surface area contributed by atoms with Gasteiger partial charge in [-0.3, -0.25) is 0 Å². The minimum atomic E-state index is 0.285. The maximum atomic E-state index is 8.87. The van der Waals surface area contributed by atoms with E-state index in [0.717, 1.165) is 4.47 Å². The highest BCUT2D eigenvalue weighted by atomic mass is 79.9. The highest BCUT2D eigenvalue weighted by molar-refractivity contribution is 9.10. The Morgan fingerprint density at radius 3 is 1.52 bits per heavy atom. The lowest BCUT2D eigenvalue weighted by atomic mass is 10.1. The second kappa shape index (κ2) is 13.9. The van der Waals surface area contributed by atoms with E-state index in [1.54, 1.807) is 18.2 Å². The molecular weight excluding hydrogens is 350 g/mol. The minimum Gasteiger partial charge on any atom is -0.507 e. The number of quaternary nitrogens is 1. The Labute approximate surface area is 152 Å². The van der Waals surface area contributed by atoms with E-state index in [0.29, 0.717) is 0 Å². The molecule has 1 aromatic rings. The summed E-state index contributed by atoms with van der Waals surface area (Å²) in [6.45, 7) is 14.9. The molecule has 1 N–H and O–H groups in total. The molecule has 134 valence electrons. The number of phenols is 1. The molecule has 0 fully saturated rings. The van der Waals surface area contributed by atoms with Crippen molar-refractivity contribution in [2.75, 3.05) is 26.2 Å². The summed E-state index contributed by atoms with van der Waals surface area (Å²) in [4.78, 5) is 0. The van der Waals surface area contributed by atoms with Gasteiger partial charge in [0, 0.05) is 0 Å². The number of hydrogen-bond donors (Lipinski definition) is 1. The number of unbranched alkanes of at least 4 members (excludes halogenated alkanes) is 3. The first-order chi connectivity index (χ1) is 11.0. The minimum absolute atomic E-state index is 0.285. The van der Waals surface area contributed by atoms with Gasteiger partial charge in [-0.2, -0.15) is 0 Å². The number of para-hydroxylation sites is 1. The maximum absolute atomic E-state index is 8.87. The predicted molar refractivity (Wildman–Crippen MR) is 106 cm³/mol. The van der Waals surface area contributed by atoms with E-state index < -0.39 is 0 Å². The zero-order valence-electron chi connectivity index (χ0n) is 15.7. The van der Waals surface area contributed by atoms with Gasteiger partial charge in [0.2, 0.25) is 0 Å². The Bertz CT molecular complexity index is 352. The van der Waals surface area contributed by atoms with Crippen LogP contribution in [0.25, 0.3) is 0 Å². The lowest BCUT2D eigenvalue weighted by molar-refractivity contribution is -0.927. The van der Waals surface area contributed by atoms with Crippen LogP contribution in [0.4, 0.5) is 0 Å². The van der Waals surface area contributed by atoms with E-state index in [9.17, 15) is 0 Å². The van der Waals surface area contributed by atoms with Crippen LogP contribution in [0, 0.1) is 0 Å². The Balaban J connectivity index is 0.000000502. The summed E-state index contributed by atoms with van der Waals surface area (Å²) in [7, 11) is 0. The van der Waals surface area contributed by atoms with Crippen LogP contribution in [0.2, 0.25) is 0 Å². The first kappa shape index (κ1) is 22.5. The SMILES string of the molecule is CCCC[N+](CC)(CCCC)CCCC.Oc1ccccc1Br. The fourth-order valence-corrected chi connectivity index (χ4v) is 3.03. The molecule has 3 heteroatoms. The largest absolute Gasteiger partial charge is 0.507 e. The van der Waals surface area contributed by atoms with Crippen molar-refractivity contribution in [3.63, 3.8) is 0 Å². The van der Waals surface area contributed by atoms with Gasteiger partial charge < -0.3 is 9.59 Å². The average Bonchev–Trinajstić information content (AvgIpc) is 2.58. The third kappa shape index (κ3) is 10.0. The number of benzene rings is 1. The normalized spacial score (nSPS) is 11.0. The molecule has 1 rings (SSSR count). The lowest BCUT2D eigenvalue weighted by Crippen LogP contribution is -2.49. The molecule has 0 aliphatic heterocycles. The topological polar surface area (TPSA) is 20.2 Å². The Morgan fingerprint density at radius 2 is 1.26 bits per heavy atom. The first-order valence-corrected chi connectivity index (χ1v) is 10.1. The standard InChI is InChI=1S/C14H32N.C6H5BrO/c1-5-9-12-15(8-4,13-10-6-2)14-11-7-3;7-5-3-1-2-4-6(5)8/h5-14H2,1-4H3;1-4,8H/q+1;. The van der Waals surface area contributed by atoms with Crippen molar-refractivity contribution in [2.24, 2.45) is 0 Å². The van der Waals surface area contributed by atoms with Gasteiger partial charge in [-0.05, 0) is 54.2 Å². The molecule has 0 aromatic heterocycles. The van der Waals surface area contributed by atoms with Crippen molar-refractivity contribution in [3.05, 3.63) is 28.7 Å². The molecule has 0 saturated heterocycles. The van der Waals surface area contributed by atoms with Gasteiger partial charge in [0.15, 0.2) is 0 Å². The molecule has 0 atom stereocenters. The fourth-order valence-electron chi connectivity index (χ4n) is 2.74. The van der Waals surface area contributed by atoms with Crippen molar-refractivity contribution < 1.29 is 9.59 Å². The summed E-state index contributed by atoms with van der Waals surface area (Å²) in [5.41, 5.74) is 0. The average molecular weight is 387 g/mol. The van der Waals surface area contributed by atoms with Gasteiger partial charge in [-0.1, -0.05) is 52.2 Å². The number of phenolic OH excluding ortho intramolecular Hbond substituents is 1. The number of aromatic hydroxyl groups is 1. The molecule has 0 aliphatic rings. The van der Waals surface area contributed by atoms with Crippen molar-refractivity contribution in [1.29, 1.82) is 0 Å². The zero-order chi connectivity index (χ0) is 17.6. The van der Waals surface area contributed by atoms with Crippen LogP contribution >= 0.6 is 15.9 Å². The summed E-state index contributed by atoms with van der Waals surface area (Å²) < 4.78 is 2.12. The molecule has 2 nitrogen and oxygen atoms in total. The molecule has 0 amide bonds. The van der Waals surface area contributed by atoms with E-state index in [1.165, 1.54) is 69.2 Å². The van der Waals surface area contributed by atoms with Gasteiger partial charge in [-0.15, -0.1) is 0 Å². The smallest absolute Gasteiger partial charge is 0.129 e.